The van der Waals surface area contributed by atoms with Crippen molar-refractivity contribution in [3.8, 4) is 11.3 Å². The summed E-state index contributed by atoms with van der Waals surface area (Å²) in [7, 11) is -3.93. The van der Waals surface area contributed by atoms with Crippen LogP contribution in [0.3, 0.4) is 0 Å². The molecule has 1 unspecified atom stereocenters. The normalized spacial score (nSPS) is 14.4. The van der Waals surface area contributed by atoms with Crippen LogP contribution in [0.15, 0.2) is 52.2 Å². The van der Waals surface area contributed by atoms with Gasteiger partial charge in [0.1, 0.15) is 6.04 Å². The molecule has 1 aromatic heterocycles. The Morgan fingerprint density at radius 1 is 1.06 bits per heavy atom. The van der Waals surface area contributed by atoms with Gasteiger partial charge in [-0.25, -0.2) is 18.2 Å². The zero-order chi connectivity index (χ0) is 24.6. The summed E-state index contributed by atoms with van der Waals surface area (Å²) in [6.45, 7) is 5.19. The van der Waals surface area contributed by atoms with E-state index in [-0.39, 0.29) is 16.4 Å². The molecule has 0 bridgehead atoms. The number of aromatic nitrogens is 2. The minimum Gasteiger partial charge on any atom is -0.324 e. The minimum atomic E-state index is -3.93. The summed E-state index contributed by atoms with van der Waals surface area (Å²) in [5.74, 6) is -0.361. The van der Waals surface area contributed by atoms with Crippen molar-refractivity contribution in [2.75, 3.05) is 5.32 Å². The molecule has 3 N–H and O–H groups in total. The van der Waals surface area contributed by atoms with Gasteiger partial charge < -0.3 is 5.32 Å². The summed E-state index contributed by atoms with van der Waals surface area (Å²) in [4.78, 5) is 26.4. The lowest BCUT2D eigenvalue weighted by Crippen LogP contribution is -2.37. The van der Waals surface area contributed by atoms with Crippen LogP contribution < -0.4 is 16.0 Å². The number of benzene rings is 2. The molecule has 34 heavy (non-hydrogen) atoms. The topological polar surface area (TPSA) is 124 Å². The van der Waals surface area contributed by atoms with Crippen molar-refractivity contribution >= 4 is 21.6 Å². The van der Waals surface area contributed by atoms with Gasteiger partial charge >= 0.3 is 0 Å². The van der Waals surface area contributed by atoms with Crippen molar-refractivity contribution in [3.63, 3.8) is 0 Å². The van der Waals surface area contributed by atoms with Gasteiger partial charge in [-0.2, -0.15) is 5.10 Å². The van der Waals surface area contributed by atoms with Crippen LogP contribution in [0.4, 0.5) is 5.69 Å². The highest BCUT2D eigenvalue weighted by Crippen LogP contribution is 2.31. The molecule has 0 radical (unpaired) electrons. The molecule has 0 saturated heterocycles. The Labute approximate surface area is 198 Å². The minimum absolute atomic E-state index is 0.0134. The molecule has 4 rings (SSSR count). The van der Waals surface area contributed by atoms with Crippen LogP contribution in [0.1, 0.15) is 48.1 Å². The third-order valence-electron chi connectivity index (χ3n) is 6.34. The summed E-state index contributed by atoms with van der Waals surface area (Å²) in [6, 6.07) is 11.5. The van der Waals surface area contributed by atoms with Crippen molar-refractivity contribution in [1.29, 1.82) is 0 Å². The number of para-hydroxylation sites is 1. The van der Waals surface area contributed by atoms with Crippen LogP contribution in [0.5, 0.6) is 0 Å². The van der Waals surface area contributed by atoms with Crippen LogP contribution in [-0.4, -0.2) is 24.1 Å². The first-order chi connectivity index (χ1) is 16.1. The molecule has 0 spiro atoms. The molecule has 0 saturated carbocycles. The van der Waals surface area contributed by atoms with Gasteiger partial charge in [0.2, 0.25) is 15.9 Å². The van der Waals surface area contributed by atoms with Crippen LogP contribution in [-0.2, 0) is 27.7 Å². The van der Waals surface area contributed by atoms with E-state index in [4.69, 9.17) is 5.14 Å². The van der Waals surface area contributed by atoms with Crippen LogP contribution >= 0.6 is 0 Å². The predicted molar refractivity (Wildman–Crippen MR) is 131 cm³/mol. The Morgan fingerprint density at radius 2 is 1.74 bits per heavy atom. The molecular formula is C25H28N4O4S. The second-order valence-electron chi connectivity index (χ2n) is 8.77. The second kappa shape index (κ2) is 9.15. The van der Waals surface area contributed by atoms with E-state index in [9.17, 15) is 18.0 Å². The van der Waals surface area contributed by atoms with Gasteiger partial charge in [-0.15, -0.1) is 0 Å². The van der Waals surface area contributed by atoms with E-state index in [2.05, 4.69) is 10.4 Å². The molecule has 1 atom stereocenters. The maximum absolute atomic E-state index is 13.3. The van der Waals surface area contributed by atoms with Crippen molar-refractivity contribution in [2.24, 2.45) is 5.14 Å². The Hall–Kier alpha value is -3.30. The van der Waals surface area contributed by atoms with Crippen molar-refractivity contribution in [2.45, 2.75) is 57.4 Å². The van der Waals surface area contributed by atoms with Crippen LogP contribution in [0.2, 0.25) is 0 Å². The number of rotatable bonds is 5. The lowest BCUT2D eigenvalue weighted by atomic mass is 9.89. The summed E-state index contributed by atoms with van der Waals surface area (Å²) in [6.07, 6.45) is 3.02. The summed E-state index contributed by atoms with van der Waals surface area (Å²) < 4.78 is 25.4. The Kier molecular flexibility index (Phi) is 6.42. The molecule has 0 fully saturated rings. The first-order valence-corrected chi connectivity index (χ1v) is 12.8. The summed E-state index contributed by atoms with van der Waals surface area (Å²) >= 11 is 0. The molecule has 0 aliphatic heterocycles. The highest BCUT2D eigenvalue weighted by Gasteiger charge is 2.26. The maximum atomic E-state index is 13.3. The third kappa shape index (κ3) is 4.53. The van der Waals surface area contributed by atoms with Gasteiger partial charge in [-0.3, -0.25) is 9.59 Å². The lowest BCUT2D eigenvalue weighted by molar-refractivity contribution is -0.119. The number of sulfonamides is 1. The fourth-order valence-electron chi connectivity index (χ4n) is 4.36. The van der Waals surface area contributed by atoms with E-state index in [1.807, 2.05) is 25.1 Å². The van der Waals surface area contributed by atoms with Crippen LogP contribution in [0, 0.1) is 13.8 Å². The number of anilines is 1. The molecule has 1 amide bonds. The van der Waals surface area contributed by atoms with E-state index in [0.717, 1.165) is 24.0 Å². The quantitative estimate of drug-likeness (QED) is 0.580. The number of carbonyl (C=O) groups is 1. The first-order valence-electron chi connectivity index (χ1n) is 11.2. The van der Waals surface area contributed by atoms with E-state index in [1.165, 1.54) is 10.7 Å². The fraction of sp³-hybridized carbons (Fsp3) is 0.320. The number of nitrogens with two attached hydrogens (primary N) is 1. The van der Waals surface area contributed by atoms with Crippen LogP contribution in [0.25, 0.3) is 11.3 Å². The van der Waals surface area contributed by atoms with E-state index in [1.54, 1.807) is 32.0 Å². The molecular weight excluding hydrogens is 452 g/mol. The molecule has 1 aliphatic rings. The highest BCUT2D eigenvalue weighted by molar-refractivity contribution is 7.89. The molecule has 2 aromatic carbocycles. The second-order valence-corrected chi connectivity index (χ2v) is 10.3. The standard InChI is InChI=1S/C25H28N4O4S/c1-15-8-4-7-11-21(15)27-24(30)17(3)29-25(31)20-10-6-5-9-19(20)23(28-29)18-13-12-16(2)22(14-18)34(26,32)33/h4,7-8,11-14,17H,5-6,9-10H2,1-3H3,(H,27,30)(H2,26,32,33). The van der Waals surface area contributed by atoms with Crippen molar-refractivity contribution in [3.05, 3.63) is 75.1 Å². The van der Waals surface area contributed by atoms with Gasteiger partial charge in [-0.1, -0.05) is 30.3 Å². The maximum Gasteiger partial charge on any atom is 0.271 e. The van der Waals surface area contributed by atoms with E-state index < -0.39 is 16.1 Å². The predicted octanol–water partition coefficient (Wildman–Crippen LogP) is 3.25. The zero-order valence-corrected chi connectivity index (χ0v) is 20.3. The van der Waals surface area contributed by atoms with Gasteiger partial charge in [0.25, 0.3) is 5.56 Å². The van der Waals surface area contributed by atoms with Gasteiger partial charge in [0.15, 0.2) is 0 Å². The SMILES string of the molecule is Cc1ccccc1NC(=O)C(C)n1nc(-c2ccc(C)c(S(N)(=O)=O)c2)c2c(c1=O)CCCC2. The number of hydrogen-bond acceptors (Lipinski definition) is 5. The number of primary sulfonamides is 1. The number of amides is 1. The Bertz CT molecular complexity index is 1440. The molecule has 3 aromatic rings. The van der Waals surface area contributed by atoms with Crippen molar-refractivity contribution in [1.82, 2.24) is 9.78 Å². The smallest absolute Gasteiger partial charge is 0.271 e. The number of aryl methyl sites for hydroxylation is 2. The fourth-order valence-corrected chi connectivity index (χ4v) is 5.17. The van der Waals surface area contributed by atoms with Gasteiger partial charge in [0, 0.05) is 16.8 Å². The number of fused-ring (bicyclic) bond motifs is 1. The first kappa shape index (κ1) is 23.8. The number of nitrogens with one attached hydrogen (secondary N) is 1. The monoisotopic (exact) mass is 480 g/mol. The summed E-state index contributed by atoms with van der Waals surface area (Å²) in [5.41, 5.74) is 4.31. The number of carbonyl (C=O) groups excluding carboxylic acids is 1. The Morgan fingerprint density at radius 3 is 2.41 bits per heavy atom. The van der Waals surface area contributed by atoms with E-state index >= 15 is 0 Å². The molecule has 178 valence electrons. The summed E-state index contributed by atoms with van der Waals surface area (Å²) in [5, 5.41) is 12.9. The molecule has 9 heteroatoms. The lowest BCUT2D eigenvalue weighted by Gasteiger charge is -2.23. The molecule has 1 aliphatic carbocycles. The average molecular weight is 481 g/mol. The van der Waals surface area contributed by atoms with Gasteiger partial charge in [-0.05, 0) is 75.3 Å². The largest absolute Gasteiger partial charge is 0.324 e. The highest BCUT2D eigenvalue weighted by atomic mass is 32.2. The average Bonchev–Trinajstić information content (AvgIpc) is 2.80. The van der Waals surface area contributed by atoms with Gasteiger partial charge in [0.05, 0.1) is 10.6 Å². The van der Waals surface area contributed by atoms with E-state index in [0.29, 0.717) is 40.9 Å². The Balaban J connectivity index is 1.83. The number of nitrogens with zero attached hydrogens (tertiary/aromatic N) is 2. The zero-order valence-electron chi connectivity index (χ0n) is 19.5. The molecule has 1 heterocycles. The van der Waals surface area contributed by atoms with Crippen molar-refractivity contribution < 1.29 is 13.2 Å². The third-order valence-corrected chi connectivity index (χ3v) is 7.40. The number of hydrogen-bond donors (Lipinski definition) is 2. The molecule has 8 nitrogen and oxygen atoms in total.